The van der Waals surface area contributed by atoms with Crippen molar-refractivity contribution in [2.75, 3.05) is 0 Å². The van der Waals surface area contributed by atoms with Crippen LogP contribution in [0.25, 0.3) is 0 Å². The van der Waals surface area contributed by atoms with Gasteiger partial charge in [0.2, 0.25) is 0 Å². The van der Waals surface area contributed by atoms with Gasteiger partial charge in [-0.25, -0.2) is 0 Å². The Morgan fingerprint density at radius 2 is 1.45 bits per heavy atom. The van der Waals surface area contributed by atoms with E-state index in [1.165, 1.54) is 12.8 Å². The second-order valence-corrected chi connectivity index (χ2v) is 3.26. The SMILES string of the molecule is CCCCC(N)C(N)CCC. The summed E-state index contributed by atoms with van der Waals surface area (Å²) in [6.45, 7) is 4.32. The molecule has 0 radical (unpaired) electrons. The molecule has 0 saturated heterocycles. The number of unbranched alkanes of at least 4 members (excludes halogenated alkanes) is 1. The standard InChI is InChI=1S/C9H22N2/c1-3-5-7-9(11)8(10)6-4-2/h8-9H,3-7,10-11H2,1-2H3. The smallest absolute Gasteiger partial charge is 0.0192 e. The number of rotatable bonds is 6. The lowest BCUT2D eigenvalue weighted by Crippen LogP contribution is -2.41. The van der Waals surface area contributed by atoms with Gasteiger partial charge in [-0.2, -0.15) is 0 Å². The van der Waals surface area contributed by atoms with Gasteiger partial charge in [-0.3, -0.25) is 0 Å². The van der Waals surface area contributed by atoms with Crippen molar-refractivity contribution in [1.29, 1.82) is 0 Å². The number of hydrogen-bond acceptors (Lipinski definition) is 2. The van der Waals surface area contributed by atoms with Gasteiger partial charge in [0.15, 0.2) is 0 Å². The fourth-order valence-electron chi connectivity index (χ4n) is 1.20. The Labute approximate surface area is 70.3 Å². The summed E-state index contributed by atoms with van der Waals surface area (Å²) in [5, 5.41) is 0. The van der Waals surface area contributed by atoms with Gasteiger partial charge >= 0.3 is 0 Å². The predicted molar refractivity (Wildman–Crippen MR) is 50.4 cm³/mol. The van der Waals surface area contributed by atoms with Gasteiger partial charge in [0, 0.05) is 12.1 Å². The molecule has 0 aromatic rings. The fraction of sp³-hybridized carbons (Fsp3) is 1.00. The van der Waals surface area contributed by atoms with Crippen molar-refractivity contribution in [3.8, 4) is 0 Å². The summed E-state index contributed by atoms with van der Waals surface area (Å²) in [7, 11) is 0. The Bertz CT molecular complexity index is 83.6. The van der Waals surface area contributed by atoms with Crippen molar-refractivity contribution < 1.29 is 0 Å². The van der Waals surface area contributed by atoms with Gasteiger partial charge in [0.25, 0.3) is 0 Å². The van der Waals surface area contributed by atoms with Crippen LogP contribution in [0.5, 0.6) is 0 Å². The van der Waals surface area contributed by atoms with Crippen LogP contribution in [0.15, 0.2) is 0 Å². The molecule has 0 heterocycles. The van der Waals surface area contributed by atoms with E-state index in [9.17, 15) is 0 Å². The zero-order valence-corrected chi connectivity index (χ0v) is 7.84. The zero-order chi connectivity index (χ0) is 8.69. The minimum Gasteiger partial charge on any atom is -0.326 e. The van der Waals surface area contributed by atoms with E-state index in [1.54, 1.807) is 0 Å². The van der Waals surface area contributed by atoms with Crippen molar-refractivity contribution in [3.63, 3.8) is 0 Å². The van der Waals surface area contributed by atoms with E-state index in [0.717, 1.165) is 19.3 Å². The van der Waals surface area contributed by atoms with E-state index in [0.29, 0.717) is 0 Å². The number of hydrogen-bond donors (Lipinski definition) is 2. The average Bonchev–Trinajstić information content (AvgIpc) is 2.00. The summed E-state index contributed by atoms with van der Waals surface area (Å²) in [4.78, 5) is 0. The first-order chi connectivity index (χ1) is 5.22. The molecule has 0 aromatic heterocycles. The lowest BCUT2D eigenvalue weighted by atomic mass is 10.00. The molecule has 0 saturated carbocycles. The molecule has 0 rings (SSSR count). The molecule has 2 unspecified atom stereocenters. The van der Waals surface area contributed by atoms with Gasteiger partial charge in [-0.05, 0) is 12.8 Å². The average molecular weight is 158 g/mol. The third-order valence-electron chi connectivity index (χ3n) is 2.06. The Kier molecular flexibility index (Phi) is 6.57. The highest BCUT2D eigenvalue weighted by atomic mass is 14.8. The Morgan fingerprint density at radius 3 is 1.91 bits per heavy atom. The third-order valence-corrected chi connectivity index (χ3v) is 2.06. The maximum atomic E-state index is 5.86. The lowest BCUT2D eigenvalue weighted by molar-refractivity contribution is 0.453. The van der Waals surface area contributed by atoms with E-state index < -0.39 is 0 Å². The second-order valence-electron chi connectivity index (χ2n) is 3.26. The Morgan fingerprint density at radius 1 is 0.909 bits per heavy atom. The highest BCUT2D eigenvalue weighted by Crippen LogP contribution is 2.04. The van der Waals surface area contributed by atoms with Crippen LogP contribution in [0, 0.1) is 0 Å². The molecular weight excluding hydrogens is 136 g/mol. The topological polar surface area (TPSA) is 52.0 Å². The molecule has 0 aliphatic rings. The van der Waals surface area contributed by atoms with Crippen LogP contribution in [-0.4, -0.2) is 12.1 Å². The van der Waals surface area contributed by atoms with Crippen LogP contribution >= 0.6 is 0 Å². The van der Waals surface area contributed by atoms with Gasteiger partial charge in [0.05, 0.1) is 0 Å². The number of nitrogens with two attached hydrogens (primary N) is 2. The molecule has 0 aromatic carbocycles. The van der Waals surface area contributed by atoms with Crippen LogP contribution in [0.2, 0.25) is 0 Å². The molecule has 0 bridgehead atoms. The maximum Gasteiger partial charge on any atom is 0.0192 e. The summed E-state index contributed by atoms with van der Waals surface area (Å²) in [5.74, 6) is 0. The molecule has 0 aliphatic carbocycles. The summed E-state index contributed by atoms with van der Waals surface area (Å²) < 4.78 is 0. The van der Waals surface area contributed by atoms with Gasteiger partial charge < -0.3 is 11.5 Å². The van der Waals surface area contributed by atoms with Crippen LogP contribution in [0.3, 0.4) is 0 Å². The van der Waals surface area contributed by atoms with E-state index in [-0.39, 0.29) is 12.1 Å². The molecule has 0 spiro atoms. The van der Waals surface area contributed by atoms with E-state index in [1.807, 2.05) is 0 Å². The maximum absolute atomic E-state index is 5.86. The van der Waals surface area contributed by atoms with Crippen molar-refractivity contribution >= 4 is 0 Å². The summed E-state index contributed by atoms with van der Waals surface area (Å²) in [6, 6.07) is 0.432. The molecule has 11 heavy (non-hydrogen) atoms. The zero-order valence-electron chi connectivity index (χ0n) is 7.84. The van der Waals surface area contributed by atoms with Gasteiger partial charge in [0.1, 0.15) is 0 Å². The predicted octanol–water partition coefficient (Wildman–Crippen LogP) is 1.63. The van der Waals surface area contributed by atoms with Gasteiger partial charge in [-0.1, -0.05) is 33.1 Å². The Hall–Kier alpha value is -0.0800. The fourth-order valence-corrected chi connectivity index (χ4v) is 1.20. The first-order valence-electron chi connectivity index (χ1n) is 4.73. The summed E-state index contributed by atoms with van der Waals surface area (Å²) in [6.07, 6.45) is 5.70. The van der Waals surface area contributed by atoms with Gasteiger partial charge in [-0.15, -0.1) is 0 Å². The molecule has 2 heteroatoms. The molecule has 2 atom stereocenters. The highest BCUT2D eigenvalue weighted by molar-refractivity contribution is 4.74. The normalized spacial score (nSPS) is 16.4. The van der Waals surface area contributed by atoms with Crippen molar-refractivity contribution in [1.82, 2.24) is 0 Å². The molecule has 2 nitrogen and oxygen atoms in total. The van der Waals surface area contributed by atoms with E-state index in [4.69, 9.17) is 11.5 Å². The molecule has 0 fully saturated rings. The minimum atomic E-state index is 0.214. The second kappa shape index (κ2) is 6.62. The first kappa shape index (κ1) is 10.9. The van der Waals surface area contributed by atoms with Crippen molar-refractivity contribution in [2.24, 2.45) is 11.5 Å². The third kappa shape index (κ3) is 5.22. The molecular formula is C9H22N2. The molecule has 4 N–H and O–H groups in total. The largest absolute Gasteiger partial charge is 0.326 e. The van der Waals surface area contributed by atoms with Crippen LogP contribution in [-0.2, 0) is 0 Å². The molecule has 0 aliphatic heterocycles. The summed E-state index contributed by atoms with van der Waals surface area (Å²) >= 11 is 0. The monoisotopic (exact) mass is 158 g/mol. The van der Waals surface area contributed by atoms with Crippen molar-refractivity contribution in [2.45, 2.75) is 58.0 Å². The van der Waals surface area contributed by atoms with E-state index >= 15 is 0 Å². The highest BCUT2D eigenvalue weighted by Gasteiger charge is 2.10. The van der Waals surface area contributed by atoms with Crippen LogP contribution in [0.1, 0.15) is 46.0 Å². The summed E-state index contributed by atoms with van der Waals surface area (Å²) in [5.41, 5.74) is 11.7. The Balaban J connectivity index is 3.38. The van der Waals surface area contributed by atoms with Crippen LogP contribution in [0.4, 0.5) is 0 Å². The van der Waals surface area contributed by atoms with E-state index in [2.05, 4.69) is 13.8 Å². The first-order valence-corrected chi connectivity index (χ1v) is 4.73. The molecule has 0 amide bonds. The van der Waals surface area contributed by atoms with Crippen LogP contribution < -0.4 is 11.5 Å². The minimum absolute atomic E-state index is 0.214. The lowest BCUT2D eigenvalue weighted by Gasteiger charge is -2.18. The van der Waals surface area contributed by atoms with Crippen molar-refractivity contribution in [3.05, 3.63) is 0 Å². The quantitative estimate of drug-likeness (QED) is 0.617. The molecule has 68 valence electrons.